The number of rotatable bonds is 4. The van der Waals surface area contributed by atoms with Gasteiger partial charge in [-0.3, -0.25) is 0 Å². The zero-order valence-corrected chi connectivity index (χ0v) is 11.1. The molecule has 96 valence electrons. The van der Waals surface area contributed by atoms with Gasteiger partial charge in [0.25, 0.3) is 0 Å². The quantitative estimate of drug-likeness (QED) is 0.839. The second kappa shape index (κ2) is 4.91. The maximum Gasteiger partial charge on any atom is 0.212 e. The first kappa shape index (κ1) is 12.8. The standard InChI is InChI=1S/C12H15N3O2S/c1-14(18(2,16)17)10-15-9-8-13-12(15)11-6-4-3-5-7-11/h3-9H,10H2,1-2H3. The van der Waals surface area contributed by atoms with Crippen LogP contribution in [0.15, 0.2) is 42.7 Å². The lowest BCUT2D eigenvalue weighted by Crippen LogP contribution is -2.28. The summed E-state index contributed by atoms with van der Waals surface area (Å²) in [5, 5.41) is 0. The van der Waals surface area contributed by atoms with Gasteiger partial charge in [-0.25, -0.2) is 13.4 Å². The highest BCUT2D eigenvalue weighted by Gasteiger charge is 2.13. The van der Waals surface area contributed by atoms with E-state index in [-0.39, 0.29) is 6.67 Å². The third kappa shape index (κ3) is 2.77. The van der Waals surface area contributed by atoms with Crippen LogP contribution in [0, 0.1) is 0 Å². The van der Waals surface area contributed by atoms with Gasteiger partial charge in [0.2, 0.25) is 10.0 Å². The Balaban J connectivity index is 2.30. The van der Waals surface area contributed by atoms with E-state index >= 15 is 0 Å². The van der Waals surface area contributed by atoms with Crippen molar-refractivity contribution < 1.29 is 8.42 Å². The Bertz CT molecular complexity index is 620. The molecule has 6 heteroatoms. The van der Waals surface area contributed by atoms with Crippen molar-refractivity contribution in [3.05, 3.63) is 42.7 Å². The third-order valence-electron chi connectivity index (χ3n) is 2.67. The Labute approximate surface area is 107 Å². The number of aromatic nitrogens is 2. The van der Waals surface area contributed by atoms with Gasteiger partial charge in [0.1, 0.15) is 5.82 Å². The van der Waals surface area contributed by atoms with Gasteiger partial charge in [-0.1, -0.05) is 30.3 Å². The van der Waals surface area contributed by atoms with Gasteiger partial charge < -0.3 is 4.57 Å². The Kier molecular flexibility index (Phi) is 3.49. The summed E-state index contributed by atoms with van der Waals surface area (Å²) in [6, 6.07) is 9.67. The molecule has 0 fully saturated rings. The number of imidazole rings is 1. The Morgan fingerprint density at radius 2 is 1.94 bits per heavy atom. The van der Waals surface area contributed by atoms with Crippen LogP contribution in [0.4, 0.5) is 0 Å². The van der Waals surface area contributed by atoms with Gasteiger partial charge in [0, 0.05) is 25.0 Å². The fraction of sp³-hybridized carbons (Fsp3) is 0.250. The second-order valence-corrected chi connectivity index (χ2v) is 6.18. The number of benzene rings is 1. The van der Waals surface area contributed by atoms with Crippen molar-refractivity contribution in [3.63, 3.8) is 0 Å². The molecule has 0 atom stereocenters. The Hall–Kier alpha value is -1.66. The fourth-order valence-electron chi connectivity index (χ4n) is 1.59. The molecule has 1 heterocycles. The smallest absolute Gasteiger partial charge is 0.212 e. The molecule has 0 spiro atoms. The molecule has 0 aliphatic rings. The first-order chi connectivity index (χ1) is 8.48. The largest absolute Gasteiger partial charge is 0.316 e. The van der Waals surface area contributed by atoms with Crippen LogP contribution in [0.2, 0.25) is 0 Å². The molecule has 5 nitrogen and oxygen atoms in total. The monoisotopic (exact) mass is 265 g/mol. The van der Waals surface area contributed by atoms with Crippen LogP contribution < -0.4 is 0 Å². The normalized spacial score (nSPS) is 11.9. The van der Waals surface area contributed by atoms with Crippen LogP contribution in [0.25, 0.3) is 11.4 Å². The lowest BCUT2D eigenvalue weighted by Gasteiger charge is -2.16. The summed E-state index contributed by atoms with van der Waals surface area (Å²) >= 11 is 0. The predicted octanol–water partition coefficient (Wildman–Crippen LogP) is 1.40. The summed E-state index contributed by atoms with van der Waals surface area (Å²) in [6.45, 7) is 0.253. The van der Waals surface area contributed by atoms with Gasteiger partial charge in [0.15, 0.2) is 0 Å². The molecule has 0 saturated heterocycles. The molecule has 2 rings (SSSR count). The molecule has 0 amide bonds. The topological polar surface area (TPSA) is 55.2 Å². The number of nitrogens with zero attached hydrogens (tertiary/aromatic N) is 3. The van der Waals surface area contributed by atoms with E-state index in [1.54, 1.807) is 24.0 Å². The fourth-order valence-corrected chi connectivity index (χ4v) is 1.92. The van der Waals surface area contributed by atoms with Crippen molar-refractivity contribution in [2.45, 2.75) is 6.67 Å². The van der Waals surface area contributed by atoms with Crippen LogP contribution in [-0.2, 0) is 16.7 Å². The highest BCUT2D eigenvalue weighted by molar-refractivity contribution is 7.88. The minimum atomic E-state index is -3.19. The number of hydrogen-bond acceptors (Lipinski definition) is 3. The summed E-state index contributed by atoms with van der Waals surface area (Å²) in [6.07, 6.45) is 4.62. The van der Waals surface area contributed by atoms with E-state index in [9.17, 15) is 8.42 Å². The van der Waals surface area contributed by atoms with E-state index < -0.39 is 10.0 Å². The summed E-state index contributed by atoms with van der Waals surface area (Å²) in [7, 11) is -1.65. The maximum absolute atomic E-state index is 11.4. The van der Waals surface area contributed by atoms with Crippen molar-refractivity contribution in [2.75, 3.05) is 13.3 Å². The van der Waals surface area contributed by atoms with E-state index in [1.165, 1.54) is 10.6 Å². The van der Waals surface area contributed by atoms with E-state index in [1.807, 2.05) is 30.3 Å². The van der Waals surface area contributed by atoms with E-state index in [0.717, 1.165) is 11.4 Å². The van der Waals surface area contributed by atoms with E-state index in [2.05, 4.69) is 4.98 Å². The van der Waals surface area contributed by atoms with Gasteiger partial charge >= 0.3 is 0 Å². The van der Waals surface area contributed by atoms with Crippen molar-refractivity contribution in [3.8, 4) is 11.4 Å². The van der Waals surface area contributed by atoms with Crippen LogP contribution >= 0.6 is 0 Å². The minimum Gasteiger partial charge on any atom is -0.316 e. The average molecular weight is 265 g/mol. The average Bonchev–Trinajstić information content (AvgIpc) is 2.77. The molecular weight excluding hydrogens is 250 g/mol. The highest BCUT2D eigenvalue weighted by Crippen LogP contribution is 2.17. The number of sulfonamides is 1. The van der Waals surface area contributed by atoms with Gasteiger partial charge in [-0.15, -0.1) is 0 Å². The van der Waals surface area contributed by atoms with Crippen LogP contribution in [0.3, 0.4) is 0 Å². The Morgan fingerprint density at radius 3 is 2.56 bits per heavy atom. The lowest BCUT2D eigenvalue weighted by molar-refractivity contribution is 0.405. The van der Waals surface area contributed by atoms with E-state index in [4.69, 9.17) is 0 Å². The first-order valence-corrected chi connectivity index (χ1v) is 7.31. The summed E-state index contributed by atoms with van der Waals surface area (Å²) in [5.74, 6) is 0.756. The molecule has 0 aliphatic carbocycles. The van der Waals surface area contributed by atoms with Crippen molar-refractivity contribution in [2.24, 2.45) is 0 Å². The van der Waals surface area contributed by atoms with Crippen molar-refractivity contribution in [1.29, 1.82) is 0 Å². The highest BCUT2D eigenvalue weighted by atomic mass is 32.2. The predicted molar refractivity (Wildman–Crippen MR) is 70.3 cm³/mol. The minimum absolute atomic E-state index is 0.253. The zero-order valence-electron chi connectivity index (χ0n) is 10.3. The molecular formula is C12H15N3O2S. The van der Waals surface area contributed by atoms with Crippen LogP contribution in [0.5, 0.6) is 0 Å². The molecule has 2 aromatic rings. The van der Waals surface area contributed by atoms with Crippen molar-refractivity contribution >= 4 is 10.0 Å². The van der Waals surface area contributed by atoms with Crippen LogP contribution in [-0.4, -0.2) is 35.6 Å². The number of hydrogen-bond donors (Lipinski definition) is 0. The maximum atomic E-state index is 11.4. The molecule has 0 N–H and O–H groups in total. The molecule has 0 aliphatic heterocycles. The molecule has 0 radical (unpaired) electrons. The third-order valence-corrected chi connectivity index (χ3v) is 3.91. The molecule has 1 aromatic heterocycles. The van der Waals surface area contributed by atoms with Crippen LogP contribution in [0.1, 0.15) is 0 Å². The second-order valence-electron chi connectivity index (χ2n) is 4.09. The zero-order chi connectivity index (χ0) is 13.2. The van der Waals surface area contributed by atoms with Crippen molar-refractivity contribution in [1.82, 2.24) is 13.9 Å². The molecule has 0 saturated carbocycles. The van der Waals surface area contributed by atoms with Gasteiger partial charge in [0.05, 0.1) is 12.9 Å². The first-order valence-electron chi connectivity index (χ1n) is 5.46. The molecule has 0 bridgehead atoms. The lowest BCUT2D eigenvalue weighted by atomic mass is 10.2. The molecule has 18 heavy (non-hydrogen) atoms. The molecule has 0 unspecified atom stereocenters. The summed E-state index contributed by atoms with van der Waals surface area (Å²) < 4.78 is 25.9. The summed E-state index contributed by atoms with van der Waals surface area (Å²) in [4.78, 5) is 4.26. The van der Waals surface area contributed by atoms with Gasteiger partial charge in [-0.2, -0.15) is 4.31 Å². The SMILES string of the molecule is CN(Cn1ccnc1-c1ccccc1)S(C)(=O)=O. The Morgan fingerprint density at radius 1 is 1.28 bits per heavy atom. The van der Waals surface area contributed by atoms with Gasteiger partial charge in [-0.05, 0) is 0 Å². The summed E-state index contributed by atoms with van der Waals surface area (Å²) in [5.41, 5.74) is 0.962. The molecule has 1 aromatic carbocycles. The van der Waals surface area contributed by atoms with E-state index in [0.29, 0.717) is 0 Å².